The maximum absolute atomic E-state index is 10.9. The van der Waals surface area contributed by atoms with Crippen molar-refractivity contribution in [2.45, 2.75) is 0 Å². The minimum Gasteiger partial charge on any atom is -0.342 e. The highest BCUT2D eigenvalue weighted by Gasteiger charge is 2.21. The first-order valence-corrected chi connectivity index (χ1v) is 8.37. The third kappa shape index (κ3) is 3.21. The lowest BCUT2D eigenvalue weighted by atomic mass is 10.1. The van der Waals surface area contributed by atoms with Crippen molar-refractivity contribution in [3.05, 3.63) is 48.8 Å². The van der Waals surface area contributed by atoms with E-state index in [2.05, 4.69) is 20.2 Å². The maximum atomic E-state index is 10.9. The summed E-state index contributed by atoms with van der Waals surface area (Å²) in [6.45, 7) is 2.64. The van der Waals surface area contributed by atoms with E-state index in [-0.39, 0.29) is 0 Å². The van der Waals surface area contributed by atoms with E-state index in [0.717, 1.165) is 12.1 Å². The van der Waals surface area contributed by atoms with Crippen LogP contribution in [0.1, 0.15) is 0 Å². The first-order valence-electron chi connectivity index (χ1n) is 8.37. The average molecular weight is 347 g/mol. The lowest BCUT2D eigenvalue weighted by Gasteiger charge is -2.32. The summed E-state index contributed by atoms with van der Waals surface area (Å²) in [5.74, 6) is 0.538. The van der Waals surface area contributed by atoms with Crippen molar-refractivity contribution in [2.75, 3.05) is 31.1 Å². The number of nitrogens with zero attached hydrogens (tertiary/aromatic N) is 7. The van der Waals surface area contributed by atoms with E-state index in [1.54, 1.807) is 17.3 Å². The normalized spacial score (nSPS) is 14.3. The highest BCUT2D eigenvalue weighted by molar-refractivity contribution is 5.74. The third-order valence-corrected chi connectivity index (χ3v) is 4.24. The molecule has 1 amide bonds. The van der Waals surface area contributed by atoms with Crippen LogP contribution in [-0.2, 0) is 4.79 Å². The molecular formula is C18H17N7O. The van der Waals surface area contributed by atoms with Crippen LogP contribution in [0.25, 0.3) is 22.8 Å². The summed E-state index contributed by atoms with van der Waals surface area (Å²) < 4.78 is 0. The number of rotatable bonds is 4. The third-order valence-electron chi connectivity index (χ3n) is 4.24. The van der Waals surface area contributed by atoms with Crippen molar-refractivity contribution in [2.24, 2.45) is 0 Å². The van der Waals surface area contributed by atoms with Crippen molar-refractivity contribution in [1.82, 2.24) is 30.0 Å². The molecule has 3 aromatic heterocycles. The summed E-state index contributed by atoms with van der Waals surface area (Å²) in [5, 5.41) is 8.71. The molecule has 1 aliphatic rings. The van der Waals surface area contributed by atoms with Gasteiger partial charge in [0.05, 0.1) is 11.4 Å². The summed E-state index contributed by atoms with van der Waals surface area (Å²) in [6.07, 6.45) is 4.31. The zero-order valence-corrected chi connectivity index (χ0v) is 14.1. The van der Waals surface area contributed by atoms with E-state index in [1.165, 1.54) is 0 Å². The number of amides is 1. The zero-order valence-electron chi connectivity index (χ0n) is 14.1. The Kier molecular flexibility index (Phi) is 4.46. The van der Waals surface area contributed by atoms with Crippen molar-refractivity contribution in [3.8, 4) is 22.8 Å². The second kappa shape index (κ2) is 7.22. The fourth-order valence-corrected chi connectivity index (χ4v) is 2.84. The van der Waals surface area contributed by atoms with E-state index in [4.69, 9.17) is 4.98 Å². The highest BCUT2D eigenvalue weighted by Crippen LogP contribution is 2.27. The summed E-state index contributed by atoms with van der Waals surface area (Å²) in [6, 6.07) is 11.3. The van der Waals surface area contributed by atoms with Crippen LogP contribution >= 0.6 is 0 Å². The Balaban J connectivity index is 1.74. The number of aromatic nitrogens is 5. The van der Waals surface area contributed by atoms with Crippen molar-refractivity contribution < 1.29 is 4.79 Å². The van der Waals surface area contributed by atoms with Gasteiger partial charge in [-0.2, -0.15) is 0 Å². The van der Waals surface area contributed by atoms with E-state index in [1.807, 2.05) is 41.3 Å². The van der Waals surface area contributed by atoms with Gasteiger partial charge in [0.1, 0.15) is 11.4 Å². The second-order valence-electron chi connectivity index (χ2n) is 5.87. The molecule has 3 aromatic rings. The SMILES string of the molecule is O=CN1CCN(c2nnc(-c3ccccn3)c(-c3ccccn3)n2)CC1. The Labute approximate surface area is 150 Å². The minimum atomic E-state index is 0.538. The van der Waals surface area contributed by atoms with E-state index in [0.29, 0.717) is 49.2 Å². The Morgan fingerprint density at radius 3 is 2.04 bits per heavy atom. The molecule has 8 heteroatoms. The number of piperazine rings is 1. The quantitative estimate of drug-likeness (QED) is 0.657. The smallest absolute Gasteiger partial charge is 0.246 e. The van der Waals surface area contributed by atoms with Gasteiger partial charge in [0.25, 0.3) is 0 Å². The predicted molar refractivity (Wildman–Crippen MR) is 96.1 cm³/mol. The molecule has 1 aliphatic heterocycles. The van der Waals surface area contributed by atoms with E-state index < -0.39 is 0 Å². The fourth-order valence-electron chi connectivity index (χ4n) is 2.84. The van der Waals surface area contributed by atoms with Gasteiger partial charge >= 0.3 is 0 Å². The first-order chi connectivity index (χ1) is 12.8. The van der Waals surface area contributed by atoms with Gasteiger partial charge in [-0.25, -0.2) is 4.98 Å². The van der Waals surface area contributed by atoms with E-state index in [9.17, 15) is 4.79 Å². The molecule has 0 aromatic carbocycles. The lowest BCUT2D eigenvalue weighted by Crippen LogP contribution is -2.46. The monoisotopic (exact) mass is 347 g/mol. The van der Waals surface area contributed by atoms with Crippen LogP contribution in [0.4, 0.5) is 5.95 Å². The van der Waals surface area contributed by atoms with Gasteiger partial charge in [-0.1, -0.05) is 12.1 Å². The lowest BCUT2D eigenvalue weighted by molar-refractivity contribution is -0.118. The van der Waals surface area contributed by atoms with Crippen LogP contribution < -0.4 is 4.90 Å². The molecule has 0 N–H and O–H groups in total. The van der Waals surface area contributed by atoms with Gasteiger partial charge in [-0.05, 0) is 24.3 Å². The number of pyridine rings is 2. The van der Waals surface area contributed by atoms with Crippen LogP contribution in [-0.4, -0.2) is 62.6 Å². The molecule has 0 saturated carbocycles. The van der Waals surface area contributed by atoms with Gasteiger partial charge in [0.2, 0.25) is 12.4 Å². The highest BCUT2D eigenvalue weighted by atomic mass is 16.1. The van der Waals surface area contributed by atoms with Gasteiger partial charge in [0, 0.05) is 38.6 Å². The Bertz CT molecular complexity index is 881. The molecule has 1 saturated heterocycles. The molecule has 0 radical (unpaired) electrons. The van der Waals surface area contributed by atoms with Crippen molar-refractivity contribution in [1.29, 1.82) is 0 Å². The van der Waals surface area contributed by atoms with Gasteiger partial charge in [-0.15, -0.1) is 10.2 Å². The average Bonchev–Trinajstić information content (AvgIpc) is 2.75. The fraction of sp³-hybridized carbons (Fsp3) is 0.222. The predicted octanol–water partition coefficient (Wildman–Crippen LogP) is 1.27. The topological polar surface area (TPSA) is 88.0 Å². The molecule has 130 valence electrons. The number of anilines is 1. The Morgan fingerprint density at radius 2 is 1.46 bits per heavy atom. The van der Waals surface area contributed by atoms with Crippen LogP contribution in [0.5, 0.6) is 0 Å². The van der Waals surface area contributed by atoms with Crippen LogP contribution in [0.15, 0.2) is 48.8 Å². The molecule has 0 aliphatic carbocycles. The maximum Gasteiger partial charge on any atom is 0.246 e. The molecule has 8 nitrogen and oxygen atoms in total. The van der Waals surface area contributed by atoms with Gasteiger partial charge in [0.15, 0.2) is 0 Å². The van der Waals surface area contributed by atoms with Crippen molar-refractivity contribution >= 4 is 12.4 Å². The molecule has 1 fully saturated rings. The second-order valence-corrected chi connectivity index (χ2v) is 5.87. The molecule has 0 unspecified atom stereocenters. The van der Waals surface area contributed by atoms with Gasteiger partial charge < -0.3 is 9.80 Å². The summed E-state index contributed by atoms with van der Waals surface area (Å²) >= 11 is 0. The summed E-state index contributed by atoms with van der Waals surface area (Å²) in [4.78, 5) is 28.2. The summed E-state index contributed by atoms with van der Waals surface area (Å²) in [7, 11) is 0. The molecule has 26 heavy (non-hydrogen) atoms. The van der Waals surface area contributed by atoms with Crippen LogP contribution in [0.3, 0.4) is 0 Å². The Morgan fingerprint density at radius 1 is 0.808 bits per heavy atom. The standard InChI is InChI=1S/C18H17N7O/c26-13-24-9-11-25(12-10-24)18-21-16(14-5-1-3-7-19-14)17(22-23-18)15-6-2-4-8-20-15/h1-8,13H,9-12H2. The van der Waals surface area contributed by atoms with Crippen LogP contribution in [0.2, 0.25) is 0 Å². The number of hydrogen-bond acceptors (Lipinski definition) is 7. The van der Waals surface area contributed by atoms with E-state index >= 15 is 0 Å². The Hall–Kier alpha value is -3.42. The molecule has 0 bridgehead atoms. The molecule has 0 spiro atoms. The van der Waals surface area contributed by atoms with Crippen molar-refractivity contribution in [3.63, 3.8) is 0 Å². The van der Waals surface area contributed by atoms with Crippen LogP contribution in [0, 0.1) is 0 Å². The number of hydrogen-bond donors (Lipinski definition) is 0. The zero-order chi connectivity index (χ0) is 17.8. The molecular weight excluding hydrogens is 330 g/mol. The largest absolute Gasteiger partial charge is 0.342 e. The number of carbonyl (C=O) groups is 1. The van der Waals surface area contributed by atoms with Gasteiger partial charge in [-0.3, -0.25) is 14.8 Å². The minimum absolute atomic E-state index is 0.538. The first kappa shape index (κ1) is 16.1. The molecule has 0 atom stereocenters. The molecule has 4 rings (SSSR count). The number of carbonyl (C=O) groups excluding carboxylic acids is 1. The summed E-state index contributed by atoms with van der Waals surface area (Å²) in [5.41, 5.74) is 2.66. The molecule has 4 heterocycles.